The number of hydrogen-bond acceptors (Lipinski definition) is 2. The molecule has 0 amide bonds. The summed E-state index contributed by atoms with van der Waals surface area (Å²) >= 11 is 0. The molecule has 2 unspecified atom stereocenters. The number of hydrogen-bond donors (Lipinski definition) is 1. The third kappa shape index (κ3) is 2.48. The van der Waals surface area contributed by atoms with Crippen LogP contribution in [0.2, 0.25) is 0 Å². The van der Waals surface area contributed by atoms with Gasteiger partial charge in [-0.25, -0.2) is 0 Å². The van der Waals surface area contributed by atoms with Gasteiger partial charge in [-0.2, -0.15) is 0 Å². The van der Waals surface area contributed by atoms with Gasteiger partial charge in [-0.05, 0) is 38.0 Å². The van der Waals surface area contributed by atoms with Gasteiger partial charge in [0, 0.05) is 12.6 Å². The molecule has 2 rings (SSSR count). The van der Waals surface area contributed by atoms with E-state index in [-0.39, 0.29) is 0 Å². The van der Waals surface area contributed by atoms with E-state index in [0.29, 0.717) is 17.6 Å². The summed E-state index contributed by atoms with van der Waals surface area (Å²) in [5.74, 6) is 0. The highest BCUT2D eigenvalue weighted by molar-refractivity contribution is 4.84. The average Bonchev–Trinajstić information content (AvgIpc) is 2.14. The molecule has 1 saturated carbocycles. The van der Waals surface area contributed by atoms with Crippen LogP contribution in [0.5, 0.6) is 0 Å². The number of piperidine rings is 1. The molecule has 2 nitrogen and oxygen atoms in total. The summed E-state index contributed by atoms with van der Waals surface area (Å²) < 4.78 is 5.98. The summed E-state index contributed by atoms with van der Waals surface area (Å²) in [4.78, 5) is 0. The van der Waals surface area contributed by atoms with Crippen molar-refractivity contribution in [1.82, 2.24) is 5.32 Å². The molecule has 82 valence electrons. The zero-order chi connectivity index (χ0) is 10.0. The van der Waals surface area contributed by atoms with Crippen LogP contribution >= 0.6 is 0 Å². The van der Waals surface area contributed by atoms with Crippen molar-refractivity contribution in [2.75, 3.05) is 13.2 Å². The molecule has 1 aliphatic heterocycles. The van der Waals surface area contributed by atoms with Crippen LogP contribution in [-0.2, 0) is 4.74 Å². The molecule has 0 aromatic heterocycles. The Kier molecular flexibility index (Phi) is 3.13. The molecule has 2 atom stereocenters. The van der Waals surface area contributed by atoms with E-state index < -0.39 is 0 Å². The first-order chi connectivity index (χ1) is 6.68. The van der Waals surface area contributed by atoms with Crippen molar-refractivity contribution in [1.29, 1.82) is 0 Å². The van der Waals surface area contributed by atoms with Crippen molar-refractivity contribution in [2.45, 2.75) is 58.1 Å². The Morgan fingerprint density at radius 1 is 1.36 bits per heavy atom. The van der Waals surface area contributed by atoms with Gasteiger partial charge in [0.1, 0.15) is 0 Å². The quantitative estimate of drug-likeness (QED) is 0.750. The third-order valence-corrected chi connectivity index (χ3v) is 3.84. The zero-order valence-corrected chi connectivity index (χ0v) is 9.51. The molecule has 1 N–H and O–H groups in total. The van der Waals surface area contributed by atoms with Crippen molar-refractivity contribution in [3.8, 4) is 0 Å². The highest BCUT2D eigenvalue weighted by atomic mass is 16.5. The fourth-order valence-corrected chi connectivity index (χ4v) is 2.36. The van der Waals surface area contributed by atoms with Gasteiger partial charge in [0.25, 0.3) is 0 Å². The molecule has 0 aromatic rings. The molecule has 0 bridgehead atoms. The van der Waals surface area contributed by atoms with E-state index in [2.05, 4.69) is 19.2 Å². The molecule has 0 spiro atoms. The summed E-state index contributed by atoms with van der Waals surface area (Å²) in [5, 5.41) is 3.48. The first-order valence-corrected chi connectivity index (χ1v) is 6.03. The summed E-state index contributed by atoms with van der Waals surface area (Å²) in [6.07, 6.45) is 7.11. The summed E-state index contributed by atoms with van der Waals surface area (Å²) in [6, 6.07) is 0.689. The van der Waals surface area contributed by atoms with Crippen LogP contribution < -0.4 is 5.32 Å². The van der Waals surface area contributed by atoms with Crippen LogP contribution in [0.1, 0.15) is 46.0 Å². The average molecular weight is 197 g/mol. The normalized spacial score (nSPS) is 36.4. The minimum Gasteiger partial charge on any atom is -0.376 e. The van der Waals surface area contributed by atoms with Crippen LogP contribution in [0.3, 0.4) is 0 Å². The van der Waals surface area contributed by atoms with Crippen LogP contribution in [0, 0.1) is 5.41 Å². The SMILES string of the molecule is CC1CCC(OCC2(C)CCC2)CN1. The lowest BCUT2D eigenvalue weighted by Crippen LogP contribution is -2.43. The molecule has 14 heavy (non-hydrogen) atoms. The lowest BCUT2D eigenvalue weighted by molar-refractivity contribution is -0.0450. The summed E-state index contributed by atoms with van der Waals surface area (Å²) in [7, 11) is 0. The first-order valence-electron chi connectivity index (χ1n) is 6.03. The largest absolute Gasteiger partial charge is 0.376 e. The Balaban J connectivity index is 1.65. The fraction of sp³-hybridized carbons (Fsp3) is 1.00. The van der Waals surface area contributed by atoms with Gasteiger partial charge in [-0.3, -0.25) is 0 Å². The molecule has 2 heteroatoms. The van der Waals surface area contributed by atoms with Gasteiger partial charge >= 0.3 is 0 Å². The molecule has 0 aromatic carbocycles. The van der Waals surface area contributed by atoms with Crippen LogP contribution in [-0.4, -0.2) is 25.3 Å². The predicted molar refractivity (Wildman–Crippen MR) is 58.4 cm³/mol. The molecule has 2 fully saturated rings. The lowest BCUT2D eigenvalue weighted by atomic mass is 9.71. The van der Waals surface area contributed by atoms with Gasteiger partial charge in [0.05, 0.1) is 12.7 Å². The number of ether oxygens (including phenoxy) is 1. The topological polar surface area (TPSA) is 21.3 Å². The third-order valence-electron chi connectivity index (χ3n) is 3.84. The molecule has 1 aliphatic carbocycles. The second-order valence-electron chi connectivity index (χ2n) is 5.48. The van der Waals surface area contributed by atoms with E-state index in [1.165, 1.54) is 32.1 Å². The maximum atomic E-state index is 5.98. The molecule has 2 aliphatic rings. The molecule has 1 heterocycles. The van der Waals surface area contributed by atoms with Gasteiger partial charge in [0.15, 0.2) is 0 Å². The van der Waals surface area contributed by atoms with Gasteiger partial charge < -0.3 is 10.1 Å². The van der Waals surface area contributed by atoms with Crippen LogP contribution in [0.15, 0.2) is 0 Å². The Morgan fingerprint density at radius 3 is 2.64 bits per heavy atom. The molecule has 0 radical (unpaired) electrons. The molecule has 1 saturated heterocycles. The second-order valence-corrected chi connectivity index (χ2v) is 5.48. The van der Waals surface area contributed by atoms with E-state index >= 15 is 0 Å². The van der Waals surface area contributed by atoms with E-state index in [4.69, 9.17) is 4.74 Å². The Morgan fingerprint density at radius 2 is 2.14 bits per heavy atom. The van der Waals surface area contributed by atoms with Crippen molar-refractivity contribution >= 4 is 0 Å². The highest BCUT2D eigenvalue weighted by Gasteiger charge is 2.33. The monoisotopic (exact) mass is 197 g/mol. The van der Waals surface area contributed by atoms with E-state index in [1.807, 2.05) is 0 Å². The van der Waals surface area contributed by atoms with Crippen LogP contribution in [0.25, 0.3) is 0 Å². The molecular weight excluding hydrogens is 174 g/mol. The van der Waals surface area contributed by atoms with E-state index in [9.17, 15) is 0 Å². The maximum absolute atomic E-state index is 5.98. The van der Waals surface area contributed by atoms with Gasteiger partial charge in [-0.1, -0.05) is 13.3 Å². The first kappa shape index (κ1) is 10.4. The summed E-state index contributed by atoms with van der Waals surface area (Å²) in [5.41, 5.74) is 0.517. The van der Waals surface area contributed by atoms with Crippen molar-refractivity contribution in [3.63, 3.8) is 0 Å². The standard InChI is InChI=1S/C12H23NO/c1-10-4-5-11(8-13-10)14-9-12(2)6-3-7-12/h10-11,13H,3-9H2,1-2H3. The maximum Gasteiger partial charge on any atom is 0.0700 e. The lowest BCUT2D eigenvalue weighted by Gasteiger charge is -2.40. The summed E-state index contributed by atoms with van der Waals surface area (Å²) in [6.45, 7) is 6.64. The smallest absolute Gasteiger partial charge is 0.0700 e. The predicted octanol–water partition coefficient (Wildman–Crippen LogP) is 2.33. The van der Waals surface area contributed by atoms with E-state index in [0.717, 1.165) is 13.2 Å². The number of rotatable bonds is 3. The number of nitrogens with one attached hydrogen (secondary N) is 1. The minimum absolute atomic E-state index is 0.476. The van der Waals surface area contributed by atoms with Gasteiger partial charge in [-0.15, -0.1) is 0 Å². The van der Waals surface area contributed by atoms with Gasteiger partial charge in [0.2, 0.25) is 0 Å². The Hall–Kier alpha value is -0.0800. The van der Waals surface area contributed by atoms with Crippen molar-refractivity contribution < 1.29 is 4.74 Å². The fourth-order valence-electron chi connectivity index (χ4n) is 2.36. The minimum atomic E-state index is 0.476. The van der Waals surface area contributed by atoms with Crippen molar-refractivity contribution in [3.05, 3.63) is 0 Å². The van der Waals surface area contributed by atoms with Crippen molar-refractivity contribution in [2.24, 2.45) is 5.41 Å². The second kappa shape index (κ2) is 4.19. The molecular formula is C12H23NO. The van der Waals surface area contributed by atoms with E-state index in [1.54, 1.807) is 0 Å². The van der Waals surface area contributed by atoms with Crippen LogP contribution in [0.4, 0.5) is 0 Å². The Bertz CT molecular complexity index is 181. The zero-order valence-electron chi connectivity index (χ0n) is 9.51. The highest BCUT2D eigenvalue weighted by Crippen LogP contribution is 2.40. The Labute approximate surface area is 87.4 Å².